The van der Waals surface area contributed by atoms with Crippen LogP contribution in [0, 0.1) is 0 Å². The number of hydrogen-bond donors (Lipinski definition) is 3. The van der Waals surface area contributed by atoms with Crippen molar-refractivity contribution in [1.82, 2.24) is 0 Å². The summed E-state index contributed by atoms with van der Waals surface area (Å²) in [5, 5.41) is 19.7. The van der Waals surface area contributed by atoms with E-state index in [0.717, 1.165) is 12.8 Å². The summed E-state index contributed by atoms with van der Waals surface area (Å²) in [6.07, 6.45) is 13.9. The van der Waals surface area contributed by atoms with Crippen molar-refractivity contribution in [1.29, 1.82) is 0 Å². The molecule has 0 spiro atoms. The highest BCUT2D eigenvalue weighted by atomic mass is 16.3. The van der Waals surface area contributed by atoms with E-state index in [1.54, 1.807) is 0 Å². The van der Waals surface area contributed by atoms with Crippen LogP contribution in [0.4, 0.5) is 0 Å². The molecule has 1 atom stereocenters. The van der Waals surface area contributed by atoms with Crippen LogP contribution in [0.5, 0.6) is 0 Å². The van der Waals surface area contributed by atoms with Crippen molar-refractivity contribution in [3.63, 3.8) is 0 Å². The molecule has 0 aromatic heterocycles. The molecule has 0 fully saturated rings. The summed E-state index contributed by atoms with van der Waals surface area (Å²) in [6, 6.07) is 0. The summed E-state index contributed by atoms with van der Waals surface area (Å²) in [5.74, 6) is 0. The molecule has 0 aliphatic carbocycles. The Hall–Kier alpha value is -0.120. The Balaban J connectivity index is 3.64. The standard InChI is InChI=1S/C18H39NO2/c1-4-5-6-7-8-9-10-11-12-13-14-18(21,15-16-20)17(2,3)19/h20-21H,4-16,19H2,1-3H3. The van der Waals surface area contributed by atoms with Gasteiger partial charge in [-0.3, -0.25) is 0 Å². The Bertz CT molecular complexity index is 238. The molecule has 0 aliphatic heterocycles. The molecule has 0 amide bonds. The third kappa shape index (κ3) is 9.49. The summed E-state index contributed by atoms with van der Waals surface area (Å²) in [7, 11) is 0. The van der Waals surface area contributed by atoms with Gasteiger partial charge in [0.25, 0.3) is 0 Å². The first kappa shape index (κ1) is 20.9. The third-order valence-corrected chi connectivity index (χ3v) is 4.67. The second kappa shape index (κ2) is 11.4. The SMILES string of the molecule is CCCCCCCCCCCCC(O)(CCO)C(C)(C)N. The normalized spacial score (nSPS) is 15.1. The van der Waals surface area contributed by atoms with E-state index < -0.39 is 11.1 Å². The zero-order valence-electron chi connectivity index (χ0n) is 14.7. The maximum Gasteiger partial charge on any atom is 0.0842 e. The first-order chi connectivity index (χ1) is 9.87. The van der Waals surface area contributed by atoms with Crippen molar-refractivity contribution in [2.75, 3.05) is 6.61 Å². The first-order valence-electron chi connectivity index (χ1n) is 8.99. The predicted octanol–water partition coefficient (Wildman–Crippen LogP) is 4.15. The Morgan fingerprint density at radius 3 is 1.57 bits per heavy atom. The molecule has 3 nitrogen and oxygen atoms in total. The highest BCUT2D eigenvalue weighted by Gasteiger charge is 2.39. The van der Waals surface area contributed by atoms with Crippen molar-refractivity contribution in [3.8, 4) is 0 Å². The fraction of sp³-hybridized carbons (Fsp3) is 1.00. The molecule has 0 rings (SSSR count). The quantitative estimate of drug-likeness (QED) is 0.422. The molecule has 0 aromatic rings. The summed E-state index contributed by atoms with van der Waals surface area (Å²) in [5.41, 5.74) is 4.46. The van der Waals surface area contributed by atoms with Crippen LogP contribution in [-0.4, -0.2) is 28.0 Å². The molecule has 1 unspecified atom stereocenters. The molecule has 21 heavy (non-hydrogen) atoms. The van der Waals surface area contributed by atoms with E-state index in [4.69, 9.17) is 10.8 Å². The molecule has 0 saturated carbocycles. The first-order valence-corrected chi connectivity index (χ1v) is 8.99. The maximum absolute atomic E-state index is 10.6. The minimum absolute atomic E-state index is 0.00507. The average Bonchev–Trinajstić information content (AvgIpc) is 2.40. The molecule has 0 bridgehead atoms. The summed E-state index contributed by atoms with van der Waals surface area (Å²) in [6.45, 7) is 5.94. The van der Waals surface area contributed by atoms with E-state index in [-0.39, 0.29) is 6.61 Å². The number of nitrogens with two attached hydrogens (primary N) is 1. The van der Waals surface area contributed by atoms with E-state index >= 15 is 0 Å². The number of aliphatic hydroxyl groups excluding tert-OH is 1. The Morgan fingerprint density at radius 1 is 0.762 bits per heavy atom. The van der Waals surface area contributed by atoms with Crippen molar-refractivity contribution < 1.29 is 10.2 Å². The summed E-state index contributed by atoms with van der Waals surface area (Å²) < 4.78 is 0. The minimum Gasteiger partial charge on any atom is -0.396 e. The fourth-order valence-corrected chi connectivity index (χ4v) is 2.86. The van der Waals surface area contributed by atoms with Crippen LogP contribution in [0.15, 0.2) is 0 Å². The van der Waals surface area contributed by atoms with Crippen molar-refractivity contribution >= 4 is 0 Å². The molecule has 0 heterocycles. The van der Waals surface area contributed by atoms with Gasteiger partial charge in [0.15, 0.2) is 0 Å². The molecule has 4 N–H and O–H groups in total. The number of rotatable bonds is 14. The van der Waals surface area contributed by atoms with Gasteiger partial charge >= 0.3 is 0 Å². The van der Waals surface area contributed by atoms with Gasteiger partial charge in [0, 0.05) is 18.6 Å². The van der Waals surface area contributed by atoms with Gasteiger partial charge in [-0.1, -0.05) is 71.1 Å². The molecule has 0 saturated heterocycles. The Morgan fingerprint density at radius 2 is 1.19 bits per heavy atom. The highest BCUT2D eigenvalue weighted by molar-refractivity contribution is 4.97. The fourth-order valence-electron chi connectivity index (χ4n) is 2.86. The van der Waals surface area contributed by atoms with Gasteiger partial charge in [0.1, 0.15) is 0 Å². The van der Waals surface area contributed by atoms with Gasteiger partial charge in [-0.05, 0) is 20.3 Å². The topological polar surface area (TPSA) is 66.5 Å². The molecular formula is C18H39NO2. The minimum atomic E-state index is -0.943. The maximum atomic E-state index is 10.6. The van der Waals surface area contributed by atoms with Crippen LogP contribution >= 0.6 is 0 Å². The van der Waals surface area contributed by atoms with E-state index in [0.29, 0.717) is 12.8 Å². The lowest BCUT2D eigenvalue weighted by atomic mass is 9.77. The zero-order chi connectivity index (χ0) is 16.2. The van der Waals surface area contributed by atoms with Gasteiger partial charge in [-0.2, -0.15) is 0 Å². The van der Waals surface area contributed by atoms with Crippen LogP contribution in [0.25, 0.3) is 0 Å². The van der Waals surface area contributed by atoms with Crippen molar-refractivity contribution in [2.45, 2.75) is 109 Å². The predicted molar refractivity (Wildman–Crippen MR) is 91.4 cm³/mol. The van der Waals surface area contributed by atoms with Crippen LogP contribution in [-0.2, 0) is 0 Å². The number of hydrogen-bond acceptors (Lipinski definition) is 3. The van der Waals surface area contributed by atoms with E-state index in [2.05, 4.69) is 6.92 Å². The van der Waals surface area contributed by atoms with Gasteiger partial charge in [-0.15, -0.1) is 0 Å². The smallest absolute Gasteiger partial charge is 0.0842 e. The van der Waals surface area contributed by atoms with Crippen LogP contribution in [0.1, 0.15) is 97.8 Å². The van der Waals surface area contributed by atoms with Gasteiger partial charge in [0.05, 0.1) is 5.60 Å². The van der Waals surface area contributed by atoms with Crippen molar-refractivity contribution in [2.24, 2.45) is 5.73 Å². The largest absolute Gasteiger partial charge is 0.396 e. The zero-order valence-corrected chi connectivity index (χ0v) is 14.7. The molecule has 3 heteroatoms. The lowest BCUT2D eigenvalue weighted by Gasteiger charge is -2.40. The van der Waals surface area contributed by atoms with Gasteiger partial charge in [-0.25, -0.2) is 0 Å². The summed E-state index contributed by atoms with van der Waals surface area (Å²) >= 11 is 0. The lowest BCUT2D eigenvalue weighted by molar-refractivity contribution is -0.0483. The average molecular weight is 302 g/mol. The van der Waals surface area contributed by atoms with E-state index in [9.17, 15) is 5.11 Å². The van der Waals surface area contributed by atoms with Crippen LogP contribution in [0.3, 0.4) is 0 Å². The van der Waals surface area contributed by atoms with E-state index in [1.807, 2.05) is 13.8 Å². The monoisotopic (exact) mass is 301 g/mol. The van der Waals surface area contributed by atoms with Crippen LogP contribution < -0.4 is 5.73 Å². The molecule has 0 aromatic carbocycles. The lowest BCUT2D eigenvalue weighted by Crippen LogP contribution is -2.56. The molecule has 128 valence electrons. The highest BCUT2D eigenvalue weighted by Crippen LogP contribution is 2.29. The Kier molecular flexibility index (Phi) is 11.4. The summed E-state index contributed by atoms with van der Waals surface area (Å²) in [4.78, 5) is 0. The number of unbranched alkanes of at least 4 members (excludes halogenated alkanes) is 9. The van der Waals surface area contributed by atoms with Crippen molar-refractivity contribution in [3.05, 3.63) is 0 Å². The van der Waals surface area contributed by atoms with Crippen LogP contribution in [0.2, 0.25) is 0 Å². The van der Waals surface area contributed by atoms with Gasteiger partial charge < -0.3 is 15.9 Å². The second-order valence-electron chi connectivity index (χ2n) is 7.16. The molecule has 0 radical (unpaired) electrons. The number of aliphatic hydroxyl groups is 2. The molecular weight excluding hydrogens is 262 g/mol. The van der Waals surface area contributed by atoms with Gasteiger partial charge in [0.2, 0.25) is 0 Å². The molecule has 0 aliphatic rings. The third-order valence-electron chi connectivity index (χ3n) is 4.67. The van der Waals surface area contributed by atoms with E-state index in [1.165, 1.54) is 51.4 Å². The second-order valence-corrected chi connectivity index (χ2v) is 7.16. The Labute approximate surface area is 132 Å².